The fourth-order valence-electron chi connectivity index (χ4n) is 1.74. The van der Waals surface area contributed by atoms with Crippen molar-refractivity contribution in [3.63, 3.8) is 0 Å². The lowest BCUT2D eigenvalue weighted by Gasteiger charge is -2.08. The lowest BCUT2D eigenvalue weighted by molar-refractivity contribution is 0.0325. The summed E-state index contributed by atoms with van der Waals surface area (Å²) >= 11 is 1.28. The fourth-order valence-corrected chi connectivity index (χ4v) is 2.66. The van der Waals surface area contributed by atoms with Crippen molar-refractivity contribution in [2.75, 3.05) is 7.11 Å². The van der Waals surface area contributed by atoms with Crippen LogP contribution in [0.2, 0.25) is 0 Å². The number of methoxy groups -OCH3 is 1. The molecule has 0 aromatic carbocycles. The number of ether oxygens (including phenoxy) is 2. The van der Waals surface area contributed by atoms with E-state index in [-0.39, 0.29) is 0 Å². The molecule has 1 atom stereocenters. The molecular formula is C13H18N4O3S. The minimum atomic E-state index is -0.513. The standard InChI is InChI=1S/C13H18N4O3S/c1-5-9-15-12(17-16-9)8(3)20-13(18)11-7(2)14-10(21-11)6-19-4/h8H,5-6H2,1-4H3,(H,15,16,17)/t8-/m0/s1. The molecule has 21 heavy (non-hydrogen) atoms. The number of esters is 1. The minimum Gasteiger partial charge on any atom is -0.450 e. The maximum atomic E-state index is 12.2. The van der Waals surface area contributed by atoms with Crippen molar-refractivity contribution in [1.82, 2.24) is 20.2 Å². The highest BCUT2D eigenvalue weighted by Gasteiger charge is 2.21. The Balaban J connectivity index is 2.06. The second-order valence-corrected chi connectivity index (χ2v) is 5.58. The van der Waals surface area contributed by atoms with Gasteiger partial charge in [-0.3, -0.25) is 5.10 Å². The van der Waals surface area contributed by atoms with Gasteiger partial charge in [-0.2, -0.15) is 5.10 Å². The van der Waals surface area contributed by atoms with Crippen LogP contribution in [0.25, 0.3) is 0 Å². The van der Waals surface area contributed by atoms with Crippen LogP contribution in [0.3, 0.4) is 0 Å². The predicted molar refractivity (Wildman–Crippen MR) is 77.2 cm³/mol. The smallest absolute Gasteiger partial charge is 0.350 e. The average molecular weight is 310 g/mol. The summed E-state index contributed by atoms with van der Waals surface area (Å²) in [6, 6.07) is 0. The van der Waals surface area contributed by atoms with Gasteiger partial charge in [0.2, 0.25) is 0 Å². The summed E-state index contributed by atoms with van der Waals surface area (Å²) in [5.41, 5.74) is 0.647. The molecule has 0 aliphatic rings. The molecule has 0 radical (unpaired) electrons. The van der Waals surface area contributed by atoms with Crippen molar-refractivity contribution >= 4 is 17.3 Å². The summed E-state index contributed by atoms with van der Waals surface area (Å²) < 4.78 is 10.4. The number of hydrogen-bond acceptors (Lipinski definition) is 7. The third-order valence-corrected chi connectivity index (χ3v) is 3.94. The molecule has 0 amide bonds. The maximum Gasteiger partial charge on any atom is 0.350 e. The molecule has 0 bridgehead atoms. The van der Waals surface area contributed by atoms with Crippen molar-refractivity contribution in [2.24, 2.45) is 0 Å². The Kier molecular flexibility index (Phi) is 5.03. The number of nitrogens with one attached hydrogen (secondary N) is 1. The zero-order chi connectivity index (χ0) is 15.4. The van der Waals surface area contributed by atoms with Gasteiger partial charge < -0.3 is 9.47 Å². The first-order valence-electron chi connectivity index (χ1n) is 6.62. The molecule has 2 aromatic rings. The number of carbonyl (C=O) groups is 1. The van der Waals surface area contributed by atoms with E-state index >= 15 is 0 Å². The Hall–Kier alpha value is -1.80. The zero-order valence-electron chi connectivity index (χ0n) is 12.5. The fraction of sp³-hybridized carbons (Fsp3) is 0.538. The first-order chi connectivity index (χ1) is 10.0. The van der Waals surface area contributed by atoms with Crippen LogP contribution in [0.15, 0.2) is 0 Å². The first kappa shape index (κ1) is 15.6. The Labute approximate surface area is 126 Å². The molecule has 0 spiro atoms. The summed E-state index contributed by atoms with van der Waals surface area (Å²) in [5.74, 6) is 0.825. The molecule has 1 N–H and O–H groups in total. The van der Waals surface area contributed by atoms with Crippen LogP contribution in [-0.4, -0.2) is 33.2 Å². The van der Waals surface area contributed by atoms with Gasteiger partial charge in [-0.15, -0.1) is 11.3 Å². The SMILES string of the molecule is CCc1nc([C@H](C)OC(=O)c2sc(COC)nc2C)n[nH]1. The minimum absolute atomic E-state index is 0.384. The monoisotopic (exact) mass is 310 g/mol. The van der Waals surface area contributed by atoms with Gasteiger partial charge >= 0.3 is 5.97 Å². The number of rotatable bonds is 6. The van der Waals surface area contributed by atoms with Gasteiger partial charge in [-0.1, -0.05) is 6.92 Å². The van der Waals surface area contributed by atoms with Gasteiger partial charge in [-0.05, 0) is 13.8 Å². The van der Waals surface area contributed by atoms with Crippen molar-refractivity contribution in [3.05, 3.63) is 27.2 Å². The van der Waals surface area contributed by atoms with Gasteiger partial charge in [0.25, 0.3) is 0 Å². The summed E-state index contributed by atoms with van der Waals surface area (Å²) in [4.78, 5) is 21.2. The Bertz CT molecular complexity index is 623. The van der Waals surface area contributed by atoms with E-state index in [1.54, 1.807) is 21.0 Å². The highest BCUT2D eigenvalue weighted by atomic mass is 32.1. The van der Waals surface area contributed by atoms with Crippen molar-refractivity contribution < 1.29 is 14.3 Å². The van der Waals surface area contributed by atoms with Crippen LogP contribution in [0, 0.1) is 6.92 Å². The quantitative estimate of drug-likeness (QED) is 0.823. The van der Waals surface area contributed by atoms with Crippen LogP contribution in [0.1, 0.15) is 52.0 Å². The van der Waals surface area contributed by atoms with Crippen LogP contribution >= 0.6 is 11.3 Å². The molecule has 0 unspecified atom stereocenters. The Morgan fingerprint density at radius 1 is 1.43 bits per heavy atom. The normalized spacial score (nSPS) is 12.4. The Morgan fingerprint density at radius 3 is 2.81 bits per heavy atom. The van der Waals surface area contributed by atoms with Crippen LogP contribution in [0.5, 0.6) is 0 Å². The number of aryl methyl sites for hydroxylation is 2. The number of hydrogen-bond donors (Lipinski definition) is 1. The number of thiazole rings is 1. The molecular weight excluding hydrogens is 292 g/mol. The van der Waals surface area contributed by atoms with Crippen molar-refractivity contribution in [2.45, 2.75) is 39.9 Å². The van der Waals surface area contributed by atoms with Crippen LogP contribution in [-0.2, 0) is 22.5 Å². The predicted octanol–water partition coefficient (Wildman–Crippen LogP) is 2.20. The number of aromatic nitrogens is 4. The third-order valence-electron chi connectivity index (χ3n) is 2.83. The lowest BCUT2D eigenvalue weighted by atomic mass is 10.3. The molecule has 0 saturated heterocycles. The van der Waals surface area contributed by atoms with E-state index in [1.807, 2.05) is 6.92 Å². The number of nitrogens with zero attached hydrogens (tertiary/aromatic N) is 3. The molecule has 8 heteroatoms. The molecule has 114 valence electrons. The van der Waals surface area contributed by atoms with Gasteiger partial charge in [0.15, 0.2) is 11.9 Å². The van der Waals surface area contributed by atoms with Gasteiger partial charge in [0.1, 0.15) is 15.7 Å². The maximum absolute atomic E-state index is 12.2. The van der Waals surface area contributed by atoms with Crippen molar-refractivity contribution in [3.8, 4) is 0 Å². The van der Waals surface area contributed by atoms with E-state index in [9.17, 15) is 4.79 Å². The number of aromatic amines is 1. The molecule has 0 aliphatic carbocycles. The molecule has 0 saturated carbocycles. The highest BCUT2D eigenvalue weighted by Crippen LogP contribution is 2.22. The van der Waals surface area contributed by atoms with E-state index < -0.39 is 12.1 Å². The largest absolute Gasteiger partial charge is 0.450 e. The molecule has 0 aliphatic heterocycles. The van der Waals surface area contributed by atoms with Gasteiger partial charge in [0, 0.05) is 13.5 Å². The average Bonchev–Trinajstić information content (AvgIpc) is 3.05. The summed E-state index contributed by atoms with van der Waals surface area (Å²) in [7, 11) is 1.59. The van der Waals surface area contributed by atoms with E-state index in [0.29, 0.717) is 23.0 Å². The number of carbonyl (C=O) groups excluding carboxylic acids is 1. The summed E-state index contributed by atoms with van der Waals surface area (Å²) in [6.07, 6.45) is 0.239. The Morgan fingerprint density at radius 2 is 2.19 bits per heavy atom. The van der Waals surface area contributed by atoms with Crippen LogP contribution in [0.4, 0.5) is 0 Å². The molecule has 2 rings (SSSR count). The van der Waals surface area contributed by atoms with E-state index in [1.165, 1.54) is 11.3 Å². The van der Waals surface area contributed by atoms with Crippen LogP contribution < -0.4 is 0 Å². The zero-order valence-corrected chi connectivity index (χ0v) is 13.3. The highest BCUT2D eigenvalue weighted by molar-refractivity contribution is 7.13. The summed E-state index contributed by atoms with van der Waals surface area (Å²) in [5, 5.41) is 7.60. The lowest BCUT2D eigenvalue weighted by Crippen LogP contribution is -2.10. The second kappa shape index (κ2) is 6.77. The summed E-state index contributed by atoms with van der Waals surface area (Å²) in [6.45, 7) is 5.87. The first-order valence-corrected chi connectivity index (χ1v) is 7.44. The molecule has 0 fully saturated rings. The number of H-pyrrole nitrogens is 1. The topological polar surface area (TPSA) is 90.0 Å². The van der Waals surface area contributed by atoms with Gasteiger partial charge in [0.05, 0.1) is 12.3 Å². The third kappa shape index (κ3) is 3.64. The molecule has 7 nitrogen and oxygen atoms in total. The van der Waals surface area contributed by atoms with Crippen molar-refractivity contribution in [1.29, 1.82) is 0 Å². The van der Waals surface area contributed by atoms with E-state index in [0.717, 1.165) is 17.3 Å². The van der Waals surface area contributed by atoms with Gasteiger partial charge in [-0.25, -0.2) is 14.8 Å². The second-order valence-electron chi connectivity index (χ2n) is 4.50. The molecule has 2 aromatic heterocycles. The molecule has 2 heterocycles. The van der Waals surface area contributed by atoms with E-state index in [2.05, 4.69) is 20.2 Å². The van der Waals surface area contributed by atoms with E-state index in [4.69, 9.17) is 9.47 Å².